The largest absolute Gasteiger partial charge is 0.490 e. The third kappa shape index (κ3) is 8.04. The highest BCUT2D eigenvalue weighted by Gasteiger charge is 2.21. The summed E-state index contributed by atoms with van der Waals surface area (Å²) in [5.74, 6) is 0.413. The summed E-state index contributed by atoms with van der Waals surface area (Å²) in [7, 11) is 0. The third-order valence-corrected chi connectivity index (χ3v) is 6.95. The molecular formula is C31H34FN5O5S. The van der Waals surface area contributed by atoms with Crippen molar-refractivity contribution < 1.29 is 28.2 Å². The molecule has 2 amide bonds. The summed E-state index contributed by atoms with van der Waals surface area (Å²) in [6.45, 7) is 8.74. The number of aryl methyl sites for hydroxylation is 1. The predicted octanol–water partition coefficient (Wildman–Crippen LogP) is 5.57. The average Bonchev–Trinajstić information content (AvgIpc) is 3.40. The summed E-state index contributed by atoms with van der Waals surface area (Å²) in [5, 5.41) is 14.5. The number of aromatic nitrogens is 3. The number of nitrogens with one attached hydrogen (secondary N) is 2. The number of hydrogen-bond donors (Lipinski definition) is 2. The molecule has 0 fully saturated rings. The number of amides is 2. The standard InChI is InChI=1S/C31H34FN5O5S/c1-5-40-25-16-21(17-26(41-6-2)29(25)42-7-3)30(39)33-18-27-35-36-31(37(27)22-12-10-11-20(4)15-22)43-19-28(38)34-24-14-9-8-13-23(24)32/h8-17H,5-7,18-19H2,1-4H3,(H,33,39)(H,34,38). The Balaban J connectivity index is 1.55. The van der Waals surface area contributed by atoms with Gasteiger partial charge < -0.3 is 24.8 Å². The number of hydrogen-bond acceptors (Lipinski definition) is 8. The fourth-order valence-electron chi connectivity index (χ4n) is 4.19. The van der Waals surface area contributed by atoms with Crippen LogP contribution in [0.5, 0.6) is 17.2 Å². The van der Waals surface area contributed by atoms with E-state index in [2.05, 4.69) is 20.8 Å². The lowest BCUT2D eigenvalue weighted by Gasteiger charge is -2.17. The van der Waals surface area contributed by atoms with Gasteiger partial charge in [0.2, 0.25) is 11.7 Å². The van der Waals surface area contributed by atoms with Gasteiger partial charge in [0.05, 0.1) is 37.8 Å². The Morgan fingerprint density at radius 1 is 0.907 bits per heavy atom. The van der Waals surface area contributed by atoms with Crippen LogP contribution in [0.15, 0.2) is 65.8 Å². The molecule has 0 saturated heterocycles. The van der Waals surface area contributed by atoms with Gasteiger partial charge in [0.25, 0.3) is 5.91 Å². The van der Waals surface area contributed by atoms with Gasteiger partial charge in [-0.15, -0.1) is 10.2 Å². The Kier molecular flexibility index (Phi) is 11.0. The van der Waals surface area contributed by atoms with Crippen molar-refractivity contribution in [1.82, 2.24) is 20.1 Å². The molecule has 0 aliphatic rings. The second-order valence-electron chi connectivity index (χ2n) is 9.17. The number of anilines is 1. The normalized spacial score (nSPS) is 10.7. The molecule has 1 aromatic heterocycles. The lowest BCUT2D eigenvalue weighted by atomic mass is 10.1. The van der Waals surface area contributed by atoms with Crippen molar-refractivity contribution in [3.8, 4) is 22.9 Å². The molecule has 0 aliphatic heterocycles. The zero-order chi connectivity index (χ0) is 30.8. The first-order valence-corrected chi connectivity index (χ1v) is 14.9. The Labute approximate surface area is 253 Å². The lowest BCUT2D eigenvalue weighted by Crippen LogP contribution is -2.25. The van der Waals surface area contributed by atoms with Crippen molar-refractivity contribution >= 4 is 29.3 Å². The number of para-hydroxylation sites is 1. The van der Waals surface area contributed by atoms with Gasteiger partial charge in [0, 0.05) is 11.3 Å². The molecule has 0 atom stereocenters. The van der Waals surface area contributed by atoms with E-state index in [1.807, 2.05) is 52.0 Å². The number of halogens is 1. The molecule has 2 N–H and O–H groups in total. The van der Waals surface area contributed by atoms with Crippen LogP contribution in [0, 0.1) is 12.7 Å². The maximum absolute atomic E-state index is 14.0. The topological polar surface area (TPSA) is 117 Å². The molecule has 4 rings (SSSR count). The number of thioether (sulfide) groups is 1. The summed E-state index contributed by atoms with van der Waals surface area (Å²) in [6, 6.07) is 16.9. The molecule has 0 bridgehead atoms. The molecule has 0 spiro atoms. The van der Waals surface area contributed by atoms with Crippen molar-refractivity contribution in [2.45, 2.75) is 39.4 Å². The van der Waals surface area contributed by atoms with Gasteiger partial charge in [0.1, 0.15) is 5.82 Å². The molecule has 1 heterocycles. The van der Waals surface area contributed by atoms with Gasteiger partial charge in [-0.25, -0.2) is 4.39 Å². The van der Waals surface area contributed by atoms with E-state index in [1.165, 1.54) is 12.1 Å². The monoisotopic (exact) mass is 607 g/mol. The van der Waals surface area contributed by atoms with Gasteiger partial charge in [-0.3, -0.25) is 14.2 Å². The number of rotatable bonds is 14. The van der Waals surface area contributed by atoms with Crippen LogP contribution in [0.4, 0.5) is 10.1 Å². The quantitative estimate of drug-likeness (QED) is 0.179. The molecule has 3 aromatic carbocycles. The van der Waals surface area contributed by atoms with E-state index in [1.54, 1.807) is 28.8 Å². The number of ether oxygens (including phenoxy) is 3. The minimum Gasteiger partial charge on any atom is -0.490 e. The van der Waals surface area contributed by atoms with E-state index in [-0.39, 0.29) is 23.9 Å². The highest BCUT2D eigenvalue weighted by atomic mass is 32.2. The zero-order valence-corrected chi connectivity index (χ0v) is 25.3. The molecule has 4 aromatic rings. The van der Waals surface area contributed by atoms with E-state index < -0.39 is 11.7 Å². The van der Waals surface area contributed by atoms with Crippen LogP contribution in [0.1, 0.15) is 42.5 Å². The van der Waals surface area contributed by atoms with Crippen molar-refractivity contribution in [2.24, 2.45) is 0 Å². The van der Waals surface area contributed by atoms with Crippen LogP contribution in [0.25, 0.3) is 5.69 Å². The van der Waals surface area contributed by atoms with Gasteiger partial charge in [0.15, 0.2) is 22.5 Å². The molecule has 0 saturated carbocycles. The van der Waals surface area contributed by atoms with E-state index >= 15 is 0 Å². The Hall–Kier alpha value is -4.58. The fraction of sp³-hybridized carbons (Fsp3) is 0.290. The number of carbonyl (C=O) groups is 2. The highest BCUT2D eigenvalue weighted by molar-refractivity contribution is 7.99. The fourth-order valence-corrected chi connectivity index (χ4v) is 4.97. The van der Waals surface area contributed by atoms with Crippen LogP contribution in [-0.2, 0) is 11.3 Å². The van der Waals surface area contributed by atoms with E-state index in [0.717, 1.165) is 23.0 Å². The lowest BCUT2D eigenvalue weighted by molar-refractivity contribution is -0.113. The smallest absolute Gasteiger partial charge is 0.251 e. The third-order valence-electron chi connectivity index (χ3n) is 6.02. The first-order chi connectivity index (χ1) is 20.8. The Morgan fingerprint density at radius 2 is 1.60 bits per heavy atom. The minimum absolute atomic E-state index is 0.0305. The first-order valence-electron chi connectivity index (χ1n) is 13.9. The van der Waals surface area contributed by atoms with Crippen molar-refractivity contribution in [1.29, 1.82) is 0 Å². The van der Waals surface area contributed by atoms with Crippen LogP contribution in [-0.4, -0.2) is 52.2 Å². The van der Waals surface area contributed by atoms with Gasteiger partial charge in [-0.2, -0.15) is 0 Å². The highest BCUT2D eigenvalue weighted by Crippen LogP contribution is 2.39. The summed E-state index contributed by atoms with van der Waals surface area (Å²) in [4.78, 5) is 25.9. The molecule has 0 unspecified atom stereocenters. The van der Waals surface area contributed by atoms with Crippen LogP contribution >= 0.6 is 11.8 Å². The van der Waals surface area contributed by atoms with E-state index in [4.69, 9.17) is 14.2 Å². The first kappa shape index (κ1) is 31.4. The molecule has 226 valence electrons. The van der Waals surface area contributed by atoms with Crippen molar-refractivity contribution in [2.75, 3.05) is 30.9 Å². The summed E-state index contributed by atoms with van der Waals surface area (Å²) in [6.07, 6.45) is 0. The molecule has 43 heavy (non-hydrogen) atoms. The van der Waals surface area contributed by atoms with Crippen LogP contribution < -0.4 is 24.8 Å². The maximum Gasteiger partial charge on any atom is 0.251 e. The second kappa shape index (κ2) is 15.1. The van der Waals surface area contributed by atoms with Crippen LogP contribution in [0.3, 0.4) is 0 Å². The van der Waals surface area contributed by atoms with Gasteiger partial charge in [-0.1, -0.05) is 36.0 Å². The van der Waals surface area contributed by atoms with Crippen LogP contribution in [0.2, 0.25) is 0 Å². The zero-order valence-electron chi connectivity index (χ0n) is 24.5. The Morgan fingerprint density at radius 3 is 2.26 bits per heavy atom. The molecule has 12 heteroatoms. The minimum atomic E-state index is -0.518. The molecule has 10 nitrogen and oxygen atoms in total. The number of benzene rings is 3. The Bertz CT molecular complexity index is 1550. The number of carbonyl (C=O) groups excluding carboxylic acids is 2. The summed E-state index contributed by atoms with van der Waals surface area (Å²) in [5.41, 5.74) is 2.21. The van der Waals surface area contributed by atoms with Gasteiger partial charge >= 0.3 is 0 Å². The molecule has 0 radical (unpaired) electrons. The molecule has 0 aliphatic carbocycles. The van der Waals surface area contributed by atoms with Gasteiger partial charge in [-0.05, 0) is 69.7 Å². The predicted molar refractivity (Wildman–Crippen MR) is 163 cm³/mol. The van der Waals surface area contributed by atoms with Crippen molar-refractivity contribution in [3.63, 3.8) is 0 Å². The SMILES string of the molecule is CCOc1cc(C(=O)NCc2nnc(SCC(=O)Nc3ccccc3F)n2-c2cccc(C)c2)cc(OCC)c1OCC. The van der Waals surface area contributed by atoms with Crippen molar-refractivity contribution in [3.05, 3.63) is 83.4 Å². The average molecular weight is 608 g/mol. The summed E-state index contributed by atoms with van der Waals surface area (Å²) >= 11 is 1.15. The number of nitrogens with zero attached hydrogens (tertiary/aromatic N) is 3. The second-order valence-corrected chi connectivity index (χ2v) is 10.1. The maximum atomic E-state index is 14.0. The van der Waals surface area contributed by atoms with E-state index in [0.29, 0.717) is 53.6 Å². The summed E-state index contributed by atoms with van der Waals surface area (Å²) < 4.78 is 33.0. The van der Waals surface area contributed by atoms with E-state index in [9.17, 15) is 14.0 Å². The molecular weight excluding hydrogens is 573 g/mol.